The molecule has 1 aromatic carbocycles. The predicted molar refractivity (Wildman–Crippen MR) is 90.8 cm³/mol. The van der Waals surface area contributed by atoms with Crippen molar-refractivity contribution in [3.8, 4) is 10.6 Å². The third-order valence-electron chi connectivity index (χ3n) is 3.05. The van der Waals surface area contributed by atoms with E-state index >= 15 is 0 Å². The maximum Gasteiger partial charge on any atom is 0.244 e. The molecule has 2 aromatic rings. The summed E-state index contributed by atoms with van der Waals surface area (Å²) in [6.07, 6.45) is 0.0644. The molecule has 7 nitrogen and oxygen atoms in total. The third-order valence-corrected chi connectivity index (χ3v) is 3.99. The van der Waals surface area contributed by atoms with E-state index in [1.807, 2.05) is 0 Å². The molecule has 0 aliphatic rings. The monoisotopic (exact) mass is 364 g/mol. The number of hydrazine groups is 1. The van der Waals surface area contributed by atoms with Crippen molar-refractivity contribution in [3.63, 3.8) is 0 Å². The summed E-state index contributed by atoms with van der Waals surface area (Å²) in [4.78, 5) is 38.3. The Hall–Kier alpha value is -2.81. The molecule has 0 saturated carbocycles. The second-order valence-electron chi connectivity index (χ2n) is 5.16. The Balaban J connectivity index is 1.78. The second kappa shape index (κ2) is 8.88. The van der Waals surface area contributed by atoms with Gasteiger partial charge in [-0.2, -0.15) is 0 Å². The summed E-state index contributed by atoms with van der Waals surface area (Å²) >= 11 is 1.35. The van der Waals surface area contributed by atoms with E-state index in [0.717, 1.165) is 5.56 Å². The van der Waals surface area contributed by atoms with Crippen LogP contribution in [0.5, 0.6) is 0 Å². The van der Waals surface area contributed by atoms with Gasteiger partial charge in [0.25, 0.3) is 0 Å². The van der Waals surface area contributed by atoms with Crippen LogP contribution in [0.4, 0.5) is 4.39 Å². The Labute approximate surface area is 147 Å². The van der Waals surface area contributed by atoms with E-state index in [1.54, 1.807) is 17.5 Å². The Morgan fingerprint density at radius 3 is 2.48 bits per heavy atom. The molecule has 2 rings (SSSR count). The quantitative estimate of drug-likeness (QED) is 0.670. The summed E-state index contributed by atoms with van der Waals surface area (Å²) in [7, 11) is 0. The van der Waals surface area contributed by atoms with Crippen LogP contribution >= 0.6 is 11.3 Å². The van der Waals surface area contributed by atoms with Crippen molar-refractivity contribution >= 4 is 29.1 Å². The van der Waals surface area contributed by atoms with Crippen LogP contribution in [0.15, 0.2) is 29.6 Å². The van der Waals surface area contributed by atoms with Crippen molar-refractivity contribution in [2.24, 2.45) is 0 Å². The van der Waals surface area contributed by atoms with E-state index in [2.05, 4.69) is 21.2 Å². The number of benzene rings is 1. The number of carbonyl (C=O) groups excluding carboxylic acids is 3. The van der Waals surface area contributed by atoms with Crippen LogP contribution in [0.3, 0.4) is 0 Å². The minimum atomic E-state index is -0.413. The number of nitrogens with one attached hydrogen (secondary N) is 3. The second-order valence-corrected chi connectivity index (χ2v) is 6.02. The van der Waals surface area contributed by atoms with Crippen LogP contribution in [-0.2, 0) is 20.8 Å². The van der Waals surface area contributed by atoms with Gasteiger partial charge in [-0.05, 0) is 24.3 Å². The Bertz CT molecular complexity index is 761. The molecule has 9 heteroatoms. The van der Waals surface area contributed by atoms with Crippen molar-refractivity contribution in [1.82, 2.24) is 21.2 Å². The van der Waals surface area contributed by atoms with E-state index in [1.165, 1.54) is 30.4 Å². The number of amides is 3. The average Bonchev–Trinajstić information content (AvgIpc) is 3.01. The number of nitrogens with zero attached hydrogens (tertiary/aromatic N) is 1. The first kappa shape index (κ1) is 18.5. The first-order chi connectivity index (χ1) is 11.9. The fourth-order valence-electron chi connectivity index (χ4n) is 1.88. The van der Waals surface area contributed by atoms with Gasteiger partial charge < -0.3 is 5.32 Å². The molecular weight excluding hydrogens is 347 g/mol. The molecule has 0 saturated heterocycles. The fraction of sp³-hybridized carbons (Fsp3) is 0.250. The minimum Gasteiger partial charge on any atom is -0.356 e. The topological polar surface area (TPSA) is 100 Å². The van der Waals surface area contributed by atoms with Gasteiger partial charge in [0.15, 0.2) is 0 Å². The van der Waals surface area contributed by atoms with Gasteiger partial charge in [0.1, 0.15) is 10.8 Å². The SMILES string of the molecule is CC(=O)NCCC(=O)NNC(=O)Cc1csc(-c2ccc(F)cc2)n1. The van der Waals surface area contributed by atoms with E-state index in [4.69, 9.17) is 0 Å². The lowest BCUT2D eigenvalue weighted by Gasteiger charge is -2.06. The van der Waals surface area contributed by atoms with Crippen molar-refractivity contribution in [3.05, 3.63) is 41.2 Å². The van der Waals surface area contributed by atoms with Gasteiger partial charge >= 0.3 is 0 Å². The summed E-state index contributed by atoms with van der Waals surface area (Å²) < 4.78 is 12.9. The van der Waals surface area contributed by atoms with Gasteiger partial charge in [0.05, 0.1) is 12.1 Å². The highest BCUT2D eigenvalue weighted by Crippen LogP contribution is 2.23. The molecule has 3 amide bonds. The van der Waals surface area contributed by atoms with Gasteiger partial charge in [0.2, 0.25) is 17.7 Å². The lowest BCUT2D eigenvalue weighted by atomic mass is 10.2. The molecular formula is C16H17FN4O3S. The van der Waals surface area contributed by atoms with Crippen molar-refractivity contribution in [2.45, 2.75) is 19.8 Å². The summed E-state index contributed by atoms with van der Waals surface area (Å²) in [6, 6.07) is 5.93. The molecule has 0 aliphatic carbocycles. The maximum absolute atomic E-state index is 12.9. The number of aromatic nitrogens is 1. The van der Waals surface area contributed by atoms with Gasteiger partial charge in [0, 0.05) is 30.8 Å². The Morgan fingerprint density at radius 1 is 1.12 bits per heavy atom. The average molecular weight is 364 g/mol. The van der Waals surface area contributed by atoms with Crippen molar-refractivity contribution in [2.75, 3.05) is 6.54 Å². The summed E-state index contributed by atoms with van der Waals surface area (Å²) in [5.41, 5.74) is 5.87. The molecule has 1 heterocycles. The molecule has 0 atom stereocenters. The molecule has 3 N–H and O–H groups in total. The van der Waals surface area contributed by atoms with E-state index in [9.17, 15) is 18.8 Å². The van der Waals surface area contributed by atoms with Gasteiger partial charge in [-0.25, -0.2) is 9.37 Å². The number of hydrogen-bond donors (Lipinski definition) is 3. The largest absolute Gasteiger partial charge is 0.356 e. The van der Waals surface area contributed by atoms with E-state index in [-0.39, 0.29) is 31.1 Å². The molecule has 132 valence electrons. The molecule has 0 unspecified atom stereocenters. The number of halogens is 1. The molecule has 0 fully saturated rings. The molecule has 0 aliphatic heterocycles. The minimum absolute atomic E-state index is 0.00364. The third kappa shape index (κ3) is 6.30. The van der Waals surface area contributed by atoms with Crippen LogP contribution in [0.2, 0.25) is 0 Å². The van der Waals surface area contributed by atoms with Gasteiger partial charge in [-0.3, -0.25) is 25.2 Å². The van der Waals surface area contributed by atoms with Crippen LogP contribution in [0.1, 0.15) is 19.0 Å². The van der Waals surface area contributed by atoms with Crippen LogP contribution in [0, 0.1) is 5.82 Å². The zero-order chi connectivity index (χ0) is 18.2. The Morgan fingerprint density at radius 2 is 1.80 bits per heavy atom. The zero-order valence-corrected chi connectivity index (χ0v) is 14.3. The van der Waals surface area contributed by atoms with Crippen LogP contribution in [-0.4, -0.2) is 29.3 Å². The highest BCUT2D eigenvalue weighted by molar-refractivity contribution is 7.13. The first-order valence-electron chi connectivity index (χ1n) is 7.46. The van der Waals surface area contributed by atoms with Crippen molar-refractivity contribution in [1.29, 1.82) is 0 Å². The van der Waals surface area contributed by atoms with Crippen LogP contribution < -0.4 is 16.2 Å². The molecule has 0 bridgehead atoms. The number of thiazole rings is 1. The van der Waals surface area contributed by atoms with E-state index < -0.39 is 11.8 Å². The summed E-state index contributed by atoms with van der Waals surface area (Å²) in [5, 5.41) is 4.90. The normalized spacial score (nSPS) is 10.2. The lowest BCUT2D eigenvalue weighted by Crippen LogP contribution is -2.43. The summed E-state index contributed by atoms with van der Waals surface area (Å²) in [5.74, 6) is -1.37. The van der Waals surface area contributed by atoms with Crippen molar-refractivity contribution < 1.29 is 18.8 Å². The van der Waals surface area contributed by atoms with Gasteiger partial charge in [-0.15, -0.1) is 11.3 Å². The highest BCUT2D eigenvalue weighted by Gasteiger charge is 2.10. The maximum atomic E-state index is 12.9. The summed E-state index contributed by atoms with van der Waals surface area (Å²) in [6.45, 7) is 1.55. The number of rotatable bonds is 6. The molecule has 25 heavy (non-hydrogen) atoms. The number of carbonyl (C=O) groups is 3. The highest BCUT2D eigenvalue weighted by atomic mass is 32.1. The van der Waals surface area contributed by atoms with Crippen LogP contribution in [0.25, 0.3) is 10.6 Å². The molecule has 0 spiro atoms. The standard InChI is InChI=1S/C16H17FN4O3S/c1-10(22)18-7-6-14(23)20-21-15(24)8-13-9-25-16(19-13)11-2-4-12(17)5-3-11/h2-5,9H,6-8H2,1H3,(H,18,22)(H,20,23)(H,21,24). The van der Waals surface area contributed by atoms with Gasteiger partial charge in [-0.1, -0.05) is 0 Å². The lowest BCUT2D eigenvalue weighted by molar-refractivity contribution is -0.128. The molecule has 1 aromatic heterocycles. The fourth-order valence-corrected chi connectivity index (χ4v) is 2.70. The first-order valence-corrected chi connectivity index (χ1v) is 8.34. The Kier molecular flexibility index (Phi) is 6.58. The van der Waals surface area contributed by atoms with E-state index in [0.29, 0.717) is 10.7 Å². The zero-order valence-electron chi connectivity index (χ0n) is 13.5. The molecule has 0 radical (unpaired) electrons. The smallest absolute Gasteiger partial charge is 0.244 e. The predicted octanol–water partition coefficient (Wildman–Crippen LogP) is 1.17. The number of hydrogen-bond acceptors (Lipinski definition) is 5.